The number of hydrogen-bond acceptors (Lipinski definition) is 4. The molecule has 3 rings (SSSR count). The molecule has 0 bridgehead atoms. The molecular formula is C25H26N2O4. The Bertz CT molecular complexity index is 971. The van der Waals surface area contributed by atoms with Gasteiger partial charge in [-0.25, -0.2) is 0 Å². The van der Waals surface area contributed by atoms with Gasteiger partial charge < -0.3 is 20.1 Å². The second-order valence-corrected chi connectivity index (χ2v) is 6.83. The molecule has 6 nitrogen and oxygen atoms in total. The first-order valence-corrected chi connectivity index (χ1v) is 10.2. The third-order valence-corrected chi connectivity index (χ3v) is 4.44. The first-order valence-electron chi connectivity index (χ1n) is 10.2. The number of carbonyl (C=O) groups excluding carboxylic acids is 2. The number of rotatable bonds is 10. The van der Waals surface area contributed by atoms with Crippen LogP contribution in [0.3, 0.4) is 0 Å². The third kappa shape index (κ3) is 7.28. The predicted molar refractivity (Wildman–Crippen MR) is 121 cm³/mol. The van der Waals surface area contributed by atoms with Crippen LogP contribution in [0.4, 0.5) is 11.4 Å². The average Bonchev–Trinajstić information content (AvgIpc) is 2.79. The van der Waals surface area contributed by atoms with E-state index in [4.69, 9.17) is 9.47 Å². The minimum absolute atomic E-state index is 0.139. The molecule has 6 heteroatoms. The van der Waals surface area contributed by atoms with Crippen LogP contribution >= 0.6 is 0 Å². The van der Waals surface area contributed by atoms with Gasteiger partial charge in [0.15, 0.2) is 0 Å². The molecule has 2 amide bonds. The van der Waals surface area contributed by atoms with E-state index >= 15 is 0 Å². The summed E-state index contributed by atoms with van der Waals surface area (Å²) in [4.78, 5) is 24.5. The average molecular weight is 418 g/mol. The first-order chi connectivity index (χ1) is 15.1. The van der Waals surface area contributed by atoms with Crippen LogP contribution in [0.2, 0.25) is 0 Å². The fourth-order valence-electron chi connectivity index (χ4n) is 2.86. The van der Waals surface area contributed by atoms with Crippen LogP contribution in [0.5, 0.6) is 5.75 Å². The Labute approximate surface area is 182 Å². The lowest BCUT2D eigenvalue weighted by atomic mass is 10.2. The van der Waals surface area contributed by atoms with Gasteiger partial charge in [-0.2, -0.15) is 0 Å². The minimum atomic E-state index is -0.226. The van der Waals surface area contributed by atoms with Gasteiger partial charge in [-0.1, -0.05) is 30.3 Å². The van der Waals surface area contributed by atoms with Crippen molar-refractivity contribution in [3.63, 3.8) is 0 Å². The number of carbonyl (C=O) groups is 2. The summed E-state index contributed by atoms with van der Waals surface area (Å²) < 4.78 is 10.9. The Kier molecular flexibility index (Phi) is 8.20. The molecule has 3 aromatic rings. The lowest BCUT2D eigenvalue weighted by Gasteiger charge is -2.09. The lowest BCUT2D eigenvalue weighted by molar-refractivity contribution is -0.117. The topological polar surface area (TPSA) is 76.7 Å². The van der Waals surface area contributed by atoms with E-state index in [1.807, 2.05) is 37.3 Å². The largest absolute Gasteiger partial charge is 0.494 e. The molecule has 31 heavy (non-hydrogen) atoms. The SMILES string of the molecule is CCOc1ccc(NC(=O)c2ccc(NC(=O)CCOCc3ccccc3)cc2)cc1. The quantitative estimate of drug-likeness (QED) is 0.460. The Balaban J connectivity index is 1.42. The summed E-state index contributed by atoms with van der Waals surface area (Å²) in [6.07, 6.45) is 0.257. The van der Waals surface area contributed by atoms with Crippen molar-refractivity contribution in [2.24, 2.45) is 0 Å². The van der Waals surface area contributed by atoms with E-state index in [-0.39, 0.29) is 18.2 Å². The van der Waals surface area contributed by atoms with Gasteiger partial charge in [0, 0.05) is 16.9 Å². The fraction of sp³-hybridized carbons (Fsp3) is 0.200. The summed E-state index contributed by atoms with van der Waals surface area (Å²) in [6, 6.07) is 23.8. The number of hydrogen-bond donors (Lipinski definition) is 2. The van der Waals surface area contributed by atoms with Gasteiger partial charge in [0.2, 0.25) is 5.91 Å². The van der Waals surface area contributed by atoms with Crippen LogP contribution in [-0.4, -0.2) is 25.0 Å². The van der Waals surface area contributed by atoms with Gasteiger partial charge in [0.25, 0.3) is 5.91 Å². The highest BCUT2D eigenvalue weighted by Crippen LogP contribution is 2.17. The highest BCUT2D eigenvalue weighted by atomic mass is 16.5. The zero-order chi connectivity index (χ0) is 21.9. The van der Waals surface area contributed by atoms with E-state index in [0.717, 1.165) is 11.3 Å². The van der Waals surface area contributed by atoms with Crippen molar-refractivity contribution in [2.75, 3.05) is 23.8 Å². The van der Waals surface area contributed by atoms with Crippen LogP contribution in [-0.2, 0) is 16.1 Å². The Morgan fingerprint density at radius 3 is 2.13 bits per heavy atom. The Hall–Kier alpha value is -3.64. The molecule has 0 aliphatic heterocycles. The molecule has 0 saturated heterocycles. The van der Waals surface area contributed by atoms with Crippen molar-refractivity contribution in [3.8, 4) is 5.75 Å². The number of amides is 2. The molecule has 2 N–H and O–H groups in total. The normalized spacial score (nSPS) is 10.4. The van der Waals surface area contributed by atoms with E-state index < -0.39 is 0 Å². The van der Waals surface area contributed by atoms with Crippen molar-refractivity contribution in [1.82, 2.24) is 0 Å². The molecule has 0 heterocycles. The summed E-state index contributed by atoms with van der Waals surface area (Å²) in [7, 11) is 0. The smallest absolute Gasteiger partial charge is 0.255 e. The molecule has 0 saturated carbocycles. The van der Waals surface area contributed by atoms with E-state index in [1.54, 1.807) is 48.5 Å². The molecule has 0 aromatic heterocycles. The summed E-state index contributed by atoms with van der Waals surface area (Å²) >= 11 is 0. The monoisotopic (exact) mass is 418 g/mol. The highest BCUT2D eigenvalue weighted by Gasteiger charge is 2.08. The Morgan fingerprint density at radius 1 is 0.806 bits per heavy atom. The van der Waals surface area contributed by atoms with Gasteiger partial charge >= 0.3 is 0 Å². The first kappa shape index (κ1) is 22.1. The maximum atomic E-state index is 12.4. The molecule has 3 aromatic carbocycles. The number of benzene rings is 3. The lowest BCUT2D eigenvalue weighted by Crippen LogP contribution is -2.15. The number of ether oxygens (including phenoxy) is 2. The van der Waals surface area contributed by atoms with Crippen LogP contribution in [0.25, 0.3) is 0 Å². The number of nitrogens with one attached hydrogen (secondary N) is 2. The highest BCUT2D eigenvalue weighted by molar-refractivity contribution is 6.04. The molecular weight excluding hydrogens is 392 g/mol. The van der Waals surface area contributed by atoms with Gasteiger partial charge in [0.05, 0.1) is 26.2 Å². The maximum absolute atomic E-state index is 12.4. The molecule has 0 aliphatic rings. The maximum Gasteiger partial charge on any atom is 0.255 e. The zero-order valence-corrected chi connectivity index (χ0v) is 17.5. The summed E-state index contributed by atoms with van der Waals surface area (Å²) in [5.74, 6) is 0.391. The van der Waals surface area contributed by atoms with E-state index in [9.17, 15) is 9.59 Å². The van der Waals surface area contributed by atoms with Gasteiger partial charge in [0.1, 0.15) is 5.75 Å². The van der Waals surface area contributed by atoms with Crippen LogP contribution in [0.1, 0.15) is 29.3 Å². The van der Waals surface area contributed by atoms with Crippen molar-refractivity contribution >= 4 is 23.2 Å². The molecule has 0 aliphatic carbocycles. The van der Waals surface area contributed by atoms with Gasteiger partial charge in [-0.05, 0) is 61.0 Å². The van der Waals surface area contributed by atoms with E-state index in [2.05, 4.69) is 10.6 Å². The predicted octanol–water partition coefficient (Wildman–Crippen LogP) is 4.88. The van der Waals surface area contributed by atoms with Crippen LogP contribution in [0.15, 0.2) is 78.9 Å². The summed E-state index contributed by atoms with van der Waals surface area (Å²) in [5.41, 5.74) is 2.88. The van der Waals surface area contributed by atoms with Crippen molar-refractivity contribution in [3.05, 3.63) is 90.0 Å². The molecule has 0 atom stereocenters. The van der Waals surface area contributed by atoms with E-state index in [1.165, 1.54) is 0 Å². The van der Waals surface area contributed by atoms with E-state index in [0.29, 0.717) is 36.8 Å². The molecule has 0 fully saturated rings. The second-order valence-electron chi connectivity index (χ2n) is 6.83. The number of anilines is 2. The molecule has 0 radical (unpaired) electrons. The summed E-state index contributed by atoms with van der Waals surface area (Å²) in [6.45, 7) is 3.33. The van der Waals surface area contributed by atoms with Crippen molar-refractivity contribution < 1.29 is 19.1 Å². The molecule has 0 unspecified atom stereocenters. The fourth-order valence-corrected chi connectivity index (χ4v) is 2.86. The summed E-state index contributed by atoms with van der Waals surface area (Å²) in [5, 5.41) is 5.65. The standard InChI is InChI=1S/C25H26N2O4/c1-2-31-23-14-12-22(13-15-23)27-25(29)20-8-10-21(11-9-20)26-24(28)16-17-30-18-19-6-4-3-5-7-19/h3-15H,2,16-18H2,1H3,(H,26,28)(H,27,29). The third-order valence-electron chi connectivity index (χ3n) is 4.44. The van der Waals surface area contributed by atoms with Crippen LogP contribution < -0.4 is 15.4 Å². The van der Waals surface area contributed by atoms with Crippen molar-refractivity contribution in [2.45, 2.75) is 20.0 Å². The zero-order valence-electron chi connectivity index (χ0n) is 17.5. The van der Waals surface area contributed by atoms with Gasteiger partial charge in [-0.15, -0.1) is 0 Å². The van der Waals surface area contributed by atoms with Crippen LogP contribution in [0, 0.1) is 0 Å². The Morgan fingerprint density at radius 2 is 1.45 bits per heavy atom. The van der Waals surface area contributed by atoms with Gasteiger partial charge in [-0.3, -0.25) is 9.59 Å². The molecule has 0 spiro atoms. The van der Waals surface area contributed by atoms with Crippen molar-refractivity contribution in [1.29, 1.82) is 0 Å². The second kappa shape index (κ2) is 11.5. The minimum Gasteiger partial charge on any atom is -0.494 e. The molecule has 160 valence electrons.